The minimum absolute atomic E-state index is 0.0820. The molecule has 142 valence electrons. The van der Waals surface area contributed by atoms with Crippen LogP contribution in [0.3, 0.4) is 0 Å². The van der Waals surface area contributed by atoms with Crippen molar-refractivity contribution in [3.8, 4) is 23.3 Å². The van der Waals surface area contributed by atoms with Crippen molar-refractivity contribution in [2.45, 2.75) is 26.2 Å². The van der Waals surface area contributed by atoms with Crippen LogP contribution in [-0.4, -0.2) is 15.1 Å². The number of halogens is 1. The van der Waals surface area contributed by atoms with E-state index in [2.05, 4.69) is 9.97 Å². The molecule has 2 N–H and O–H groups in total. The zero-order valence-corrected chi connectivity index (χ0v) is 16.0. The van der Waals surface area contributed by atoms with E-state index < -0.39 is 11.3 Å². The number of ether oxygens (including phenoxy) is 1. The lowest BCUT2D eigenvalue weighted by Gasteiger charge is -2.15. The number of benzene rings is 1. The van der Waals surface area contributed by atoms with Crippen molar-refractivity contribution in [1.82, 2.24) is 9.97 Å². The van der Waals surface area contributed by atoms with Gasteiger partial charge in [0, 0.05) is 28.7 Å². The Labute approximate surface area is 167 Å². The molecule has 0 saturated heterocycles. The van der Waals surface area contributed by atoms with Crippen molar-refractivity contribution < 1.29 is 9.84 Å². The van der Waals surface area contributed by atoms with Gasteiger partial charge in [-0.2, -0.15) is 5.26 Å². The monoisotopic (exact) mass is 395 g/mol. The third-order valence-electron chi connectivity index (χ3n) is 4.29. The van der Waals surface area contributed by atoms with Crippen LogP contribution in [0.4, 0.5) is 0 Å². The van der Waals surface area contributed by atoms with Gasteiger partial charge in [0.05, 0.1) is 11.6 Å². The first-order valence-corrected chi connectivity index (χ1v) is 9.08. The van der Waals surface area contributed by atoms with Gasteiger partial charge in [-0.3, -0.25) is 9.78 Å². The van der Waals surface area contributed by atoms with Crippen LogP contribution < -0.4 is 10.3 Å². The molecule has 0 fully saturated rings. The van der Waals surface area contributed by atoms with Gasteiger partial charge in [-0.15, -0.1) is 0 Å². The fraction of sp³-hybridized carbons (Fsp3) is 0.190. The fourth-order valence-electron chi connectivity index (χ4n) is 2.95. The normalized spacial score (nSPS) is 10.5. The number of aromatic amines is 1. The molecule has 28 heavy (non-hydrogen) atoms. The third kappa shape index (κ3) is 4.51. The Bertz CT molecular complexity index is 1090. The van der Waals surface area contributed by atoms with E-state index in [0.29, 0.717) is 28.3 Å². The maximum absolute atomic E-state index is 12.0. The highest BCUT2D eigenvalue weighted by molar-refractivity contribution is 6.30. The largest absolute Gasteiger partial charge is 0.500 e. The summed E-state index contributed by atoms with van der Waals surface area (Å²) in [4.78, 5) is 18.8. The summed E-state index contributed by atoms with van der Waals surface area (Å²) in [5, 5.41) is 19.7. The van der Waals surface area contributed by atoms with Crippen LogP contribution in [-0.2, 0) is 12.8 Å². The quantitative estimate of drug-likeness (QED) is 0.649. The molecule has 0 aliphatic rings. The van der Waals surface area contributed by atoms with Gasteiger partial charge in [-0.1, -0.05) is 17.7 Å². The molecule has 0 amide bonds. The highest BCUT2D eigenvalue weighted by atomic mass is 35.5. The smallest absolute Gasteiger partial charge is 0.294 e. The number of nitrogens with one attached hydrogen (secondary N) is 1. The van der Waals surface area contributed by atoms with Crippen LogP contribution >= 0.6 is 11.6 Å². The van der Waals surface area contributed by atoms with Gasteiger partial charge in [0.1, 0.15) is 5.75 Å². The molecule has 0 spiro atoms. The van der Waals surface area contributed by atoms with E-state index in [9.17, 15) is 9.90 Å². The van der Waals surface area contributed by atoms with E-state index in [1.807, 2.05) is 24.4 Å². The first-order chi connectivity index (χ1) is 13.5. The van der Waals surface area contributed by atoms with Crippen LogP contribution in [0.25, 0.3) is 0 Å². The Morgan fingerprint density at radius 1 is 1.32 bits per heavy atom. The SMILES string of the molecule is Cc1[nH]c(=O)c(O)c(Oc2cc(Cl)cc(C#N)c2)c1CCCc1cccnc1. The van der Waals surface area contributed by atoms with Gasteiger partial charge in [0.15, 0.2) is 5.75 Å². The predicted octanol–water partition coefficient (Wildman–Crippen LogP) is 4.28. The predicted molar refractivity (Wildman–Crippen MR) is 106 cm³/mol. The lowest BCUT2D eigenvalue weighted by Crippen LogP contribution is -2.12. The number of nitrogens with zero attached hydrogens (tertiary/aromatic N) is 2. The van der Waals surface area contributed by atoms with E-state index in [1.54, 1.807) is 13.1 Å². The van der Waals surface area contributed by atoms with E-state index in [0.717, 1.165) is 18.4 Å². The van der Waals surface area contributed by atoms with E-state index in [1.165, 1.54) is 18.2 Å². The molecule has 0 radical (unpaired) electrons. The molecule has 0 unspecified atom stereocenters. The molecule has 2 aromatic heterocycles. The first-order valence-electron chi connectivity index (χ1n) is 8.70. The molecule has 2 heterocycles. The molecule has 0 aliphatic carbocycles. The lowest BCUT2D eigenvalue weighted by molar-refractivity contribution is 0.399. The standard InChI is InChI=1S/C21H18ClN3O3/c1-13-18(6-2-4-14-5-3-7-24-12-14)20(19(26)21(27)25-13)28-17-9-15(11-23)8-16(22)10-17/h3,5,7-10,12,26H,2,4,6H2,1H3,(H,25,27). The fourth-order valence-corrected chi connectivity index (χ4v) is 3.18. The van der Waals surface area contributed by atoms with Crippen molar-refractivity contribution in [3.63, 3.8) is 0 Å². The Kier molecular flexibility index (Phi) is 5.97. The molecule has 0 atom stereocenters. The second-order valence-corrected chi connectivity index (χ2v) is 6.78. The number of aromatic hydroxyl groups is 1. The van der Waals surface area contributed by atoms with Crippen LogP contribution in [0, 0.1) is 18.3 Å². The maximum atomic E-state index is 12.0. The summed E-state index contributed by atoms with van der Waals surface area (Å²) in [6, 6.07) is 10.4. The van der Waals surface area contributed by atoms with Gasteiger partial charge in [-0.05, 0) is 56.0 Å². The molecule has 0 bridgehead atoms. The van der Waals surface area contributed by atoms with Crippen molar-refractivity contribution >= 4 is 11.6 Å². The summed E-state index contributed by atoms with van der Waals surface area (Å²) in [5.74, 6) is -0.142. The van der Waals surface area contributed by atoms with Gasteiger partial charge in [0.2, 0.25) is 5.75 Å². The van der Waals surface area contributed by atoms with Gasteiger partial charge >= 0.3 is 0 Å². The molecule has 0 saturated carbocycles. The average molecular weight is 396 g/mol. The topological polar surface area (TPSA) is 99.0 Å². The number of rotatable bonds is 6. The number of hydrogen-bond donors (Lipinski definition) is 2. The van der Waals surface area contributed by atoms with Crippen LogP contribution in [0.15, 0.2) is 47.5 Å². The summed E-state index contributed by atoms with van der Waals surface area (Å²) >= 11 is 6.02. The van der Waals surface area contributed by atoms with Crippen LogP contribution in [0.5, 0.6) is 17.2 Å². The Morgan fingerprint density at radius 3 is 2.86 bits per heavy atom. The van der Waals surface area contributed by atoms with Crippen molar-refractivity contribution in [3.05, 3.63) is 80.5 Å². The van der Waals surface area contributed by atoms with Crippen LogP contribution in [0.2, 0.25) is 5.02 Å². The average Bonchev–Trinajstić information content (AvgIpc) is 2.68. The van der Waals surface area contributed by atoms with E-state index in [-0.39, 0.29) is 11.5 Å². The second kappa shape index (κ2) is 8.59. The van der Waals surface area contributed by atoms with Crippen molar-refractivity contribution in [1.29, 1.82) is 5.26 Å². The Morgan fingerprint density at radius 2 is 2.14 bits per heavy atom. The summed E-state index contributed by atoms with van der Waals surface area (Å²) in [5.41, 5.74) is 2.10. The maximum Gasteiger partial charge on any atom is 0.294 e. The minimum atomic E-state index is -0.633. The van der Waals surface area contributed by atoms with E-state index in [4.69, 9.17) is 21.6 Å². The lowest BCUT2D eigenvalue weighted by atomic mass is 10.0. The molecule has 6 nitrogen and oxygen atoms in total. The molecular weight excluding hydrogens is 378 g/mol. The summed E-state index contributed by atoms with van der Waals surface area (Å²) < 4.78 is 5.81. The van der Waals surface area contributed by atoms with Crippen LogP contribution in [0.1, 0.15) is 28.8 Å². The highest BCUT2D eigenvalue weighted by Gasteiger charge is 2.18. The van der Waals surface area contributed by atoms with Crippen molar-refractivity contribution in [2.24, 2.45) is 0 Å². The number of aromatic nitrogens is 2. The van der Waals surface area contributed by atoms with Gasteiger partial charge < -0.3 is 14.8 Å². The number of hydrogen-bond acceptors (Lipinski definition) is 5. The molecule has 7 heteroatoms. The molecule has 0 aliphatic heterocycles. The second-order valence-electron chi connectivity index (χ2n) is 6.34. The summed E-state index contributed by atoms with van der Waals surface area (Å²) in [6.07, 6.45) is 5.67. The number of H-pyrrole nitrogens is 1. The number of nitriles is 1. The highest BCUT2D eigenvalue weighted by Crippen LogP contribution is 2.35. The molecule has 1 aromatic carbocycles. The first kappa shape index (κ1) is 19.5. The number of aryl methyl sites for hydroxylation is 2. The minimum Gasteiger partial charge on any atom is -0.500 e. The van der Waals surface area contributed by atoms with E-state index >= 15 is 0 Å². The summed E-state index contributed by atoms with van der Waals surface area (Å²) in [7, 11) is 0. The zero-order chi connectivity index (χ0) is 20.1. The van der Waals surface area contributed by atoms with Gasteiger partial charge in [-0.25, -0.2) is 0 Å². The Hall–Kier alpha value is -3.30. The molecule has 3 aromatic rings. The number of pyridine rings is 2. The van der Waals surface area contributed by atoms with Crippen molar-refractivity contribution in [2.75, 3.05) is 0 Å². The summed E-state index contributed by atoms with van der Waals surface area (Å²) in [6.45, 7) is 1.76. The molecular formula is C21H18ClN3O3. The Balaban J connectivity index is 1.90. The third-order valence-corrected chi connectivity index (χ3v) is 4.51. The zero-order valence-electron chi connectivity index (χ0n) is 15.2. The molecule has 3 rings (SSSR count). The van der Waals surface area contributed by atoms with Gasteiger partial charge in [0.25, 0.3) is 5.56 Å².